The van der Waals surface area contributed by atoms with E-state index in [0.717, 1.165) is 62.3 Å². The molecular formula is C65H43NO2. The zero-order chi connectivity index (χ0) is 44.9. The van der Waals surface area contributed by atoms with Gasteiger partial charge in [0, 0.05) is 44.7 Å². The Hall–Kier alpha value is -8.40. The number of para-hydroxylation sites is 4. The number of fused-ring (bicyclic) bond motifs is 21. The number of ether oxygens (including phenoxy) is 2. The van der Waals surface area contributed by atoms with E-state index in [4.69, 9.17) is 9.47 Å². The van der Waals surface area contributed by atoms with Gasteiger partial charge in [0.15, 0.2) is 0 Å². The Kier molecular flexibility index (Phi) is 7.43. The monoisotopic (exact) mass is 869 g/mol. The minimum Gasteiger partial charge on any atom is -0.457 e. The molecule has 320 valence electrons. The minimum absolute atomic E-state index is 0.189. The van der Waals surface area contributed by atoms with Crippen LogP contribution in [0.2, 0.25) is 0 Å². The summed E-state index contributed by atoms with van der Waals surface area (Å²) in [6.07, 6.45) is 0. The van der Waals surface area contributed by atoms with E-state index >= 15 is 0 Å². The van der Waals surface area contributed by atoms with Crippen LogP contribution in [0.15, 0.2) is 224 Å². The van der Waals surface area contributed by atoms with Crippen molar-refractivity contribution in [1.82, 2.24) is 0 Å². The molecule has 0 N–H and O–H groups in total. The third-order valence-corrected chi connectivity index (χ3v) is 16.0. The van der Waals surface area contributed by atoms with Crippen molar-refractivity contribution in [2.24, 2.45) is 0 Å². The molecule has 0 bridgehead atoms. The Morgan fingerprint density at radius 3 is 0.941 bits per heavy atom. The lowest BCUT2D eigenvalue weighted by atomic mass is 9.66. The predicted molar refractivity (Wildman–Crippen MR) is 273 cm³/mol. The molecule has 15 rings (SSSR count). The number of hydrogen-bond donors (Lipinski definition) is 0. The first-order valence-electron chi connectivity index (χ1n) is 23.7. The zero-order valence-corrected chi connectivity index (χ0v) is 37.6. The normalized spacial score (nSPS) is 15.5. The molecule has 2 aliphatic heterocycles. The standard InChI is InChI=1S/C65H43NO2/c1-63(2)49-20-6-3-17-43(49)46-34-31-40(37-56(46)63)66(41-32-35-47-44-18-4-7-21-50(44)64(57(47)38-41)52-23-9-13-27-59(52)67-60-28-14-10-24-53(60)64)42-33-36-48-45-19-5-8-22-51(45)65(58(48)39-42)54-25-11-15-29-61(54)68-62-30-16-12-26-55(62)65/h3-39H,1-2H3. The maximum atomic E-state index is 6.75. The van der Waals surface area contributed by atoms with Crippen LogP contribution in [0, 0.1) is 0 Å². The van der Waals surface area contributed by atoms with Gasteiger partial charge in [0.2, 0.25) is 0 Å². The van der Waals surface area contributed by atoms with Crippen molar-refractivity contribution in [1.29, 1.82) is 0 Å². The highest BCUT2D eigenvalue weighted by Crippen LogP contribution is 2.65. The molecule has 10 aromatic carbocycles. The van der Waals surface area contributed by atoms with Gasteiger partial charge in [0.05, 0.1) is 10.8 Å². The summed E-state index contributed by atoms with van der Waals surface area (Å²) in [4.78, 5) is 2.52. The van der Waals surface area contributed by atoms with Crippen LogP contribution in [0.5, 0.6) is 23.0 Å². The Balaban J connectivity index is 1.02. The van der Waals surface area contributed by atoms with Gasteiger partial charge in [-0.15, -0.1) is 0 Å². The summed E-state index contributed by atoms with van der Waals surface area (Å²) in [5, 5.41) is 0. The van der Waals surface area contributed by atoms with Crippen LogP contribution in [0.4, 0.5) is 17.1 Å². The number of rotatable bonds is 3. The Morgan fingerprint density at radius 1 is 0.265 bits per heavy atom. The second kappa shape index (κ2) is 13.4. The number of anilines is 3. The lowest BCUT2D eigenvalue weighted by Gasteiger charge is -2.40. The smallest absolute Gasteiger partial charge is 0.132 e. The molecule has 5 aliphatic rings. The largest absolute Gasteiger partial charge is 0.457 e. The van der Waals surface area contributed by atoms with Crippen molar-refractivity contribution in [2.45, 2.75) is 30.1 Å². The molecule has 3 aliphatic carbocycles. The van der Waals surface area contributed by atoms with Gasteiger partial charge < -0.3 is 14.4 Å². The van der Waals surface area contributed by atoms with Crippen LogP contribution in [-0.2, 0) is 16.2 Å². The lowest BCUT2D eigenvalue weighted by Crippen LogP contribution is -2.32. The fourth-order valence-corrected chi connectivity index (χ4v) is 13.2. The van der Waals surface area contributed by atoms with Gasteiger partial charge in [-0.1, -0.05) is 178 Å². The summed E-state index contributed by atoms with van der Waals surface area (Å²) in [5.41, 5.74) is 21.8. The molecule has 0 amide bonds. The van der Waals surface area contributed by atoms with Gasteiger partial charge in [0.1, 0.15) is 23.0 Å². The van der Waals surface area contributed by atoms with E-state index in [0.29, 0.717) is 0 Å². The van der Waals surface area contributed by atoms with Crippen molar-refractivity contribution in [3.8, 4) is 56.4 Å². The number of benzene rings is 10. The second-order valence-corrected chi connectivity index (χ2v) is 19.5. The number of hydrogen-bond acceptors (Lipinski definition) is 3. The molecule has 2 heterocycles. The molecule has 0 atom stereocenters. The quantitative estimate of drug-likeness (QED) is 0.177. The maximum Gasteiger partial charge on any atom is 0.132 e. The SMILES string of the molecule is CC1(C)c2ccccc2-c2ccc(N(c3ccc4c(c3)C3(c5ccccc5Oc5ccccc53)c3ccccc3-4)c3ccc4c(c3)C3(c5ccccc5Oc5ccccc53)c3ccccc3-4)cc21. The van der Waals surface area contributed by atoms with Crippen LogP contribution in [-0.4, -0.2) is 0 Å². The van der Waals surface area contributed by atoms with E-state index in [1.807, 2.05) is 0 Å². The summed E-state index contributed by atoms with van der Waals surface area (Å²) in [7, 11) is 0. The summed E-state index contributed by atoms with van der Waals surface area (Å²) in [6, 6.07) is 83.0. The molecule has 0 saturated carbocycles. The summed E-state index contributed by atoms with van der Waals surface area (Å²) in [6.45, 7) is 4.75. The molecule has 3 heteroatoms. The van der Waals surface area contributed by atoms with Crippen LogP contribution in [0.1, 0.15) is 69.5 Å². The molecule has 0 fully saturated rings. The van der Waals surface area contributed by atoms with Crippen molar-refractivity contribution in [2.75, 3.05) is 4.90 Å². The topological polar surface area (TPSA) is 21.7 Å². The minimum atomic E-state index is -0.611. The van der Waals surface area contributed by atoms with Gasteiger partial charge >= 0.3 is 0 Å². The molecule has 0 saturated heterocycles. The molecule has 0 radical (unpaired) electrons. The van der Waals surface area contributed by atoms with E-state index < -0.39 is 10.8 Å². The maximum absolute atomic E-state index is 6.75. The van der Waals surface area contributed by atoms with Gasteiger partial charge in [-0.25, -0.2) is 0 Å². The van der Waals surface area contributed by atoms with Crippen molar-refractivity contribution in [3.63, 3.8) is 0 Å². The molecule has 10 aromatic rings. The summed E-state index contributed by atoms with van der Waals surface area (Å²) < 4.78 is 13.5. The van der Waals surface area contributed by atoms with Crippen LogP contribution >= 0.6 is 0 Å². The third kappa shape index (κ3) is 4.63. The van der Waals surface area contributed by atoms with E-state index in [9.17, 15) is 0 Å². The average Bonchev–Trinajstić information content (AvgIpc) is 3.93. The first-order chi connectivity index (χ1) is 33.5. The summed E-state index contributed by atoms with van der Waals surface area (Å²) in [5.74, 6) is 3.54. The number of nitrogens with zero attached hydrogens (tertiary/aromatic N) is 1. The molecule has 68 heavy (non-hydrogen) atoms. The molecular weight excluding hydrogens is 827 g/mol. The first-order valence-corrected chi connectivity index (χ1v) is 23.7. The van der Waals surface area contributed by atoms with Crippen molar-refractivity contribution >= 4 is 17.1 Å². The highest BCUT2D eigenvalue weighted by atomic mass is 16.5. The fraction of sp³-hybridized carbons (Fsp3) is 0.0769. The zero-order valence-electron chi connectivity index (χ0n) is 37.6. The van der Waals surface area contributed by atoms with Gasteiger partial charge in [0.25, 0.3) is 0 Å². The van der Waals surface area contributed by atoms with Gasteiger partial charge in [-0.05, 0) is 127 Å². The molecule has 0 unspecified atom stereocenters. The van der Waals surface area contributed by atoms with Crippen LogP contribution in [0.3, 0.4) is 0 Å². The van der Waals surface area contributed by atoms with Gasteiger partial charge in [-0.3, -0.25) is 0 Å². The average molecular weight is 870 g/mol. The Morgan fingerprint density at radius 2 is 0.544 bits per heavy atom. The first kappa shape index (κ1) is 37.8. The van der Waals surface area contributed by atoms with Crippen molar-refractivity contribution in [3.05, 3.63) is 280 Å². The molecule has 3 nitrogen and oxygen atoms in total. The van der Waals surface area contributed by atoms with E-state index in [2.05, 4.69) is 243 Å². The Bertz CT molecular complexity index is 3530. The van der Waals surface area contributed by atoms with E-state index in [1.54, 1.807) is 0 Å². The highest BCUT2D eigenvalue weighted by Gasteiger charge is 2.53. The second-order valence-electron chi connectivity index (χ2n) is 19.5. The van der Waals surface area contributed by atoms with Crippen molar-refractivity contribution < 1.29 is 9.47 Å². The molecule has 2 spiro atoms. The van der Waals surface area contributed by atoms with E-state index in [1.165, 1.54) is 66.8 Å². The Labute approximate surface area is 396 Å². The summed E-state index contributed by atoms with van der Waals surface area (Å²) >= 11 is 0. The van der Waals surface area contributed by atoms with Gasteiger partial charge in [-0.2, -0.15) is 0 Å². The van der Waals surface area contributed by atoms with Crippen LogP contribution < -0.4 is 14.4 Å². The fourth-order valence-electron chi connectivity index (χ4n) is 13.2. The lowest BCUT2D eigenvalue weighted by molar-refractivity contribution is 0.436. The predicted octanol–water partition coefficient (Wildman–Crippen LogP) is 16.4. The van der Waals surface area contributed by atoms with Crippen LogP contribution in [0.25, 0.3) is 33.4 Å². The third-order valence-electron chi connectivity index (χ3n) is 16.0. The molecule has 0 aromatic heterocycles. The highest BCUT2D eigenvalue weighted by molar-refractivity contribution is 5.95. The van der Waals surface area contributed by atoms with E-state index in [-0.39, 0.29) is 5.41 Å².